The summed E-state index contributed by atoms with van der Waals surface area (Å²) in [5.74, 6) is -3.27. The van der Waals surface area contributed by atoms with Gasteiger partial charge < -0.3 is 9.64 Å². The molecule has 0 fully saturated rings. The molecule has 7 amide bonds. The van der Waals surface area contributed by atoms with E-state index in [9.17, 15) is 93.6 Å². The van der Waals surface area contributed by atoms with Crippen molar-refractivity contribution in [2.45, 2.75) is 172 Å². The number of unbranched alkanes of at least 4 members (excludes halogenated alkanes) is 1. The Morgan fingerprint density at radius 2 is 0.731 bits per heavy atom. The number of sulfonamides is 5. The number of nitrogens with zero attached hydrogens (tertiary/aromatic N) is 8. The van der Waals surface area contributed by atoms with Crippen molar-refractivity contribution in [3.8, 4) is 5.75 Å². The largest absolute Gasteiger partial charge is 0.435 e. The number of halogens is 3. The van der Waals surface area contributed by atoms with Gasteiger partial charge in [0.15, 0.2) is 5.69 Å². The molecule has 0 spiro atoms. The topological polar surface area (TPSA) is 547 Å². The first-order chi connectivity index (χ1) is 68.8. The Hall–Kier alpha value is -13.0. The van der Waals surface area contributed by atoms with Gasteiger partial charge in [-0.25, -0.2) is 75.0 Å². The summed E-state index contributed by atoms with van der Waals surface area (Å²) in [5.41, 5.74) is 24.1. The Morgan fingerprint density at radius 1 is 0.393 bits per heavy atom. The van der Waals surface area contributed by atoms with Gasteiger partial charge in [-0.3, -0.25) is 74.3 Å². The van der Waals surface area contributed by atoms with Gasteiger partial charge in [0, 0.05) is 129 Å². The van der Waals surface area contributed by atoms with Crippen LogP contribution >= 0.6 is 0 Å². The maximum atomic E-state index is 13.0. The van der Waals surface area contributed by atoms with Crippen molar-refractivity contribution in [2.75, 3.05) is 50.8 Å². The van der Waals surface area contributed by atoms with Crippen molar-refractivity contribution in [3.05, 3.63) is 316 Å². The van der Waals surface area contributed by atoms with Crippen LogP contribution in [0.3, 0.4) is 0 Å². The molecule has 145 heavy (non-hydrogen) atoms. The predicted octanol–water partition coefficient (Wildman–Crippen LogP) is 9.50. The van der Waals surface area contributed by atoms with E-state index in [0.717, 1.165) is 95.1 Å². The molecule has 0 atom stereocenters. The summed E-state index contributed by atoms with van der Waals surface area (Å²) >= 11 is 0. The number of benzene rings is 9. The van der Waals surface area contributed by atoms with Crippen molar-refractivity contribution >= 4 is 97.4 Å². The fourth-order valence-electron chi connectivity index (χ4n) is 17.1. The second-order valence-electron chi connectivity index (χ2n) is 35.2. The van der Waals surface area contributed by atoms with E-state index >= 15 is 0 Å². The molecular formula is C98H111F3N14O25S5. The molecule has 774 valence electrons. The predicted molar refractivity (Wildman–Crippen MR) is 518 cm³/mol. The van der Waals surface area contributed by atoms with Gasteiger partial charge in [0.05, 0.1) is 33.5 Å². The summed E-state index contributed by atoms with van der Waals surface area (Å²) in [6, 6.07) is 51.4. The van der Waals surface area contributed by atoms with E-state index < -0.39 is 103 Å². The smallest absolute Gasteiger partial charge is 0.426 e. The summed E-state index contributed by atoms with van der Waals surface area (Å²) in [6.07, 6.45) is 0.865. The number of ether oxygens (including phenoxy) is 1. The van der Waals surface area contributed by atoms with Crippen LogP contribution in [0.2, 0.25) is 0 Å². The Bertz CT molecular complexity index is 7130. The molecule has 1 aromatic heterocycles. The normalized spacial score (nSPS) is 15.2. The first-order valence-electron chi connectivity index (χ1n) is 46.0. The number of hydrogen-bond donors (Lipinski definition) is 12. The van der Waals surface area contributed by atoms with Gasteiger partial charge in [0.1, 0.15) is 12.3 Å². The molecule has 0 saturated carbocycles. The van der Waals surface area contributed by atoms with Crippen LogP contribution in [0.4, 0.5) is 13.2 Å². The van der Waals surface area contributed by atoms with Crippen LogP contribution < -0.4 is 37.6 Å². The van der Waals surface area contributed by atoms with Crippen LogP contribution in [0.5, 0.6) is 5.75 Å². The maximum absolute atomic E-state index is 13.0. The standard InChI is InChI=1S/C19H22N2O4S.C18H16N2O6S.C17H17F3N4O3.C17H18N2O4S.C14H20N2O4S.C13H18N2O4S/c1-13(2)14-5-7-18(8-6-14)26(24,25)21-10-9-15-11-16(19(22)20-23)3-4-17(15)12-21;21-17-8-12-3-4-15(9-16(12)26-17)27(24,25)20-6-5-11-7-13(18(22)19-23)1-2-14(11)10-20;1-10-6-14(17(18,19)20)21-24(10)9-15(25)23-5-4-11-7-12(16(26)22-27)2-3-13(11)8-23;20-17(18-21)15-6-7-16-11-19(9-8-14(16)10-15)24(22,23)12-13-4-2-1-3-5-13;1-2-3-8-21(19,20)16-7-6-11-9-12(14(17)15-18)4-5-13(11)10-16;1-2-7-20(18,19)15-6-5-10-8-11(13(16)14-17)3-4-12(10)9-15/h3-8,11,13,23H,9-10,12H2,1-2H3,(H,20,22);1-4,7,9,23H,5-6,8,10H2,(H,19,22);2-3,6-7,27H,4-5,8-9H2,1H3,(H,22,26);1-7,10,21H,8-9,11-12H2,(H,18,20);4-5,9,18H,2-3,6-8,10H2,1H3,(H,15,17);3-4,8,17H,2,5-7,9H2,1H3,(H,14,16). The molecule has 0 bridgehead atoms. The third kappa shape index (κ3) is 27.8. The van der Waals surface area contributed by atoms with Gasteiger partial charge >= 0.3 is 12.1 Å². The molecule has 9 aromatic carbocycles. The number of aryl methyl sites for hydroxylation is 1. The molecule has 0 saturated heterocycles. The van der Waals surface area contributed by atoms with E-state index in [-0.39, 0.29) is 72.1 Å². The van der Waals surface area contributed by atoms with Crippen LogP contribution in [-0.2, 0) is 162 Å². The second-order valence-corrected chi connectivity index (χ2v) is 45.3. The average molecular weight is 2100 g/mol. The summed E-state index contributed by atoms with van der Waals surface area (Å²) in [4.78, 5) is 94.5. The quantitative estimate of drug-likeness (QED) is 0.0123. The van der Waals surface area contributed by atoms with Crippen molar-refractivity contribution in [1.82, 2.24) is 69.1 Å². The number of alkyl halides is 3. The zero-order valence-corrected chi connectivity index (χ0v) is 83.6. The highest BCUT2D eigenvalue weighted by atomic mass is 32.2. The minimum absolute atomic E-state index is 0.0197. The van der Waals surface area contributed by atoms with E-state index in [1.807, 2.05) is 44.2 Å². The van der Waals surface area contributed by atoms with E-state index in [1.165, 1.54) is 52.7 Å². The fourth-order valence-corrected chi connectivity index (χ4v) is 24.5. The molecule has 12 N–H and O–H groups in total. The van der Waals surface area contributed by atoms with E-state index in [4.69, 9.17) is 36.0 Å². The Morgan fingerprint density at radius 3 is 1.09 bits per heavy atom. The van der Waals surface area contributed by atoms with Crippen molar-refractivity contribution in [1.29, 1.82) is 0 Å². The maximum Gasteiger partial charge on any atom is 0.435 e. The van der Waals surface area contributed by atoms with Crippen molar-refractivity contribution < 1.29 is 130 Å². The lowest BCUT2D eigenvalue weighted by Gasteiger charge is -2.29. The summed E-state index contributed by atoms with van der Waals surface area (Å²) in [7, 11) is -17.1. The average Bonchev–Trinajstić information content (AvgIpc) is 1.67. The second kappa shape index (κ2) is 48.4. The summed E-state index contributed by atoms with van der Waals surface area (Å²) in [6.45, 7) is 13.1. The monoisotopic (exact) mass is 2100 g/mol. The van der Waals surface area contributed by atoms with E-state index in [1.54, 1.807) is 165 Å². The number of hydroxylamine groups is 6. The highest BCUT2D eigenvalue weighted by molar-refractivity contribution is 7.90. The first kappa shape index (κ1) is 111. The van der Waals surface area contributed by atoms with Gasteiger partial charge in [0.25, 0.3) is 35.4 Å². The highest BCUT2D eigenvalue weighted by Gasteiger charge is 2.38. The number of aromatic nitrogens is 2. The third-order valence-corrected chi connectivity index (χ3v) is 34.7. The molecular weight excluding hydrogens is 1990 g/mol. The van der Waals surface area contributed by atoms with Crippen LogP contribution in [0.15, 0.2) is 198 Å². The minimum atomic E-state index is -4.55. The Labute approximate surface area is 836 Å². The SMILES string of the molecule is CC(C)c1ccc(S(=O)(=O)N2CCc3cc(C(=O)NO)ccc3C2)cc1.CCCCS(=O)(=O)N1CCc2cc(C(=O)NO)ccc2C1.CCCS(=O)(=O)N1CCc2cc(C(=O)NO)ccc2C1.Cc1cc(C(F)(F)F)nn1CC(=O)N1CCc2cc(C(=O)NO)ccc2C1.O=C(NO)c1ccc2c(c1)CCN(S(=O)(=O)Cc1ccccc1)C2.O=C1Cc2ccc(S(=O)(=O)N3CCc4cc(C(=O)NO)ccc4C3)cc2O1. The molecule has 10 aromatic rings. The zero-order chi connectivity index (χ0) is 105. The lowest BCUT2D eigenvalue weighted by atomic mass is 9.97. The first-order valence-corrected chi connectivity index (χ1v) is 53.7. The number of carbonyl (C=O) groups is 8. The summed E-state index contributed by atoms with van der Waals surface area (Å²) in [5, 5.41) is 55.6. The van der Waals surface area contributed by atoms with Crippen LogP contribution in [0, 0.1) is 6.92 Å². The van der Waals surface area contributed by atoms with Gasteiger partial charge in [-0.2, -0.15) is 39.8 Å². The Balaban J connectivity index is 0.000000155. The van der Waals surface area contributed by atoms with Gasteiger partial charge in [-0.05, 0) is 239 Å². The lowest BCUT2D eigenvalue weighted by molar-refractivity contribution is -0.142. The Kier molecular flexibility index (Phi) is 37.0. The van der Waals surface area contributed by atoms with Crippen LogP contribution in [-0.4, -0.2) is 208 Å². The highest BCUT2D eigenvalue weighted by Crippen LogP contribution is 2.36. The van der Waals surface area contributed by atoms with Gasteiger partial charge in [-0.1, -0.05) is 119 Å². The summed E-state index contributed by atoms with van der Waals surface area (Å²) < 4.78 is 177. The number of rotatable bonds is 23. The number of amides is 7. The number of carbonyl (C=O) groups excluding carboxylic acids is 8. The number of hydrogen-bond acceptors (Lipinski definition) is 26. The lowest BCUT2D eigenvalue weighted by Crippen LogP contribution is -2.38. The fraction of sp³-hybridized carbons (Fsp3) is 0.337. The molecule has 47 heteroatoms. The molecule has 0 unspecified atom stereocenters. The molecule has 17 rings (SSSR count). The number of fused-ring (bicyclic) bond motifs is 7. The molecule has 0 radical (unpaired) electrons. The van der Waals surface area contributed by atoms with E-state index in [2.05, 4.69) is 18.9 Å². The van der Waals surface area contributed by atoms with Crippen molar-refractivity contribution in [3.63, 3.8) is 0 Å². The van der Waals surface area contributed by atoms with Crippen molar-refractivity contribution in [2.24, 2.45) is 0 Å². The molecule has 7 aliphatic heterocycles. The van der Waals surface area contributed by atoms with Crippen LogP contribution in [0.1, 0.15) is 210 Å². The number of nitrogens with one attached hydrogen (secondary N) is 6. The minimum Gasteiger partial charge on any atom is -0.426 e. The zero-order valence-electron chi connectivity index (χ0n) is 79.6. The van der Waals surface area contributed by atoms with Gasteiger partial charge in [-0.15, -0.1) is 0 Å². The van der Waals surface area contributed by atoms with E-state index in [0.29, 0.717) is 160 Å². The molecule has 8 heterocycles. The van der Waals surface area contributed by atoms with Crippen LogP contribution in [0.25, 0.3) is 0 Å². The number of esters is 1. The third-order valence-electron chi connectivity index (χ3n) is 25.2. The van der Waals surface area contributed by atoms with Gasteiger partial charge in [0.2, 0.25) is 56.0 Å². The molecule has 7 aliphatic rings. The molecule has 39 nitrogen and oxygen atoms in total. The molecule has 0 aliphatic carbocycles.